The van der Waals surface area contributed by atoms with Gasteiger partial charge in [-0.05, 0) is 56.2 Å². The molecular formula is C20H21FN4O4S. The fraction of sp³-hybridized carbons (Fsp3) is 0.250. The summed E-state index contributed by atoms with van der Waals surface area (Å²) < 4.78 is 46.4. The number of benzene rings is 2. The molecule has 0 saturated heterocycles. The first kappa shape index (κ1) is 21.6. The molecule has 2 aromatic carbocycles. The number of nitrogens with zero attached hydrogens (tertiary/aromatic N) is 2. The molecule has 1 atom stereocenters. The number of aromatic nitrogens is 2. The average molecular weight is 432 g/mol. The molecule has 158 valence electrons. The second kappa shape index (κ2) is 8.33. The maximum absolute atomic E-state index is 13.2. The fourth-order valence-corrected chi connectivity index (χ4v) is 4.28. The summed E-state index contributed by atoms with van der Waals surface area (Å²) in [4.78, 5) is 16.6. The molecule has 3 aromatic rings. The first-order valence-corrected chi connectivity index (χ1v) is 10.6. The topological polar surface area (TPSA) is 114 Å². The Bertz CT molecular complexity index is 1210. The highest BCUT2D eigenvalue weighted by molar-refractivity contribution is 7.89. The highest BCUT2D eigenvalue weighted by Crippen LogP contribution is 2.23. The zero-order chi connectivity index (χ0) is 22.1. The van der Waals surface area contributed by atoms with Gasteiger partial charge in [-0.15, -0.1) is 0 Å². The minimum Gasteiger partial charge on any atom is -0.339 e. The highest BCUT2D eigenvalue weighted by Gasteiger charge is 2.25. The van der Waals surface area contributed by atoms with Crippen LogP contribution in [0.4, 0.5) is 10.1 Å². The summed E-state index contributed by atoms with van der Waals surface area (Å²) >= 11 is 0. The molecular weight excluding hydrogens is 411 g/mol. The Labute approximate surface area is 173 Å². The Hall–Kier alpha value is -3.11. The third kappa shape index (κ3) is 4.71. The number of rotatable bonds is 6. The molecule has 8 nitrogen and oxygen atoms in total. The van der Waals surface area contributed by atoms with Crippen LogP contribution in [0.5, 0.6) is 0 Å². The number of anilines is 1. The fourth-order valence-electron chi connectivity index (χ4n) is 2.80. The molecule has 1 heterocycles. The number of amides is 1. The summed E-state index contributed by atoms with van der Waals surface area (Å²) in [6.45, 7) is 6.34. The smallest absolute Gasteiger partial charge is 0.242 e. The van der Waals surface area contributed by atoms with E-state index in [1.54, 1.807) is 32.9 Å². The maximum Gasteiger partial charge on any atom is 0.242 e. The molecule has 0 unspecified atom stereocenters. The number of halogens is 1. The lowest BCUT2D eigenvalue weighted by Crippen LogP contribution is -2.41. The van der Waals surface area contributed by atoms with E-state index >= 15 is 0 Å². The molecule has 3 rings (SSSR count). The van der Waals surface area contributed by atoms with Gasteiger partial charge < -0.3 is 9.84 Å². The maximum atomic E-state index is 13.2. The zero-order valence-corrected chi connectivity index (χ0v) is 17.7. The van der Waals surface area contributed by atoms with Gasteiger partial charge in [0, 0.05) is 18.2 Å². The van der Waals surface area contributed by atoms with Gasteiger partial charge >= 0.3 is 0 Å². The predicted octanol–water partition coefficient (Wildman–Crippen LogP) is 3.11. The minimum atomic E-state index is -4.03. The van der Waals surface area contributed by atoms with E-state index < -0.39 is 27.8 Å². The molecule has 2 N–H and O–H groups in total. The number of carbonyl (C=O) groups is 1. The number of hydrogen-bond donors (Lipinski definition) is 2. The van der Waals surface area contributed by atoms with Crippen LogP contribution in [0, 0.1) is 26.6 Å². The van der Waals surface area contributed by atoms with Crippen molar-refractivity contribution in [1.82, 2.24) is 14.9 Å². The molecule has 10 heteroatoms. The van der Waals surface area contributed by atoms with Gasteiger partial charge in [0.1, 0.15) is 5.82 Å². The van der Waals surface area contributed by atoms with Gasteiger partial charge in [0.2, 0.25) is 27.6 Å². The van der Waals surface area contributed by atoms with Crippen molar-refractivity contribution in [3.8, 4) is 11.4 Å². The molecule has 0 aliphatic heterocycles. The van der Waals surface area contributed by atoms with Crippen molar-refractivity contribution >= 4 is 21.6 Å². The van der Waals surface area contributed by atoms with E-state index in [9.17, 15) is 17.6 Å². The lowest BCUT2D eigenvalue weighted by atomic mass is 10.1. The first-order valence-electron chi connectivity index (χ1n) is 9.07. The molecule has 0 saturated carbocycles. The van der Waals surface area contributed by atoms with Gasteiger partial charge in [-0.3, -0.25) is 4.79 Å². The molecule has 0 aliphatic carbocycles. The van der Waals surface area contributed by atoms with Gasteiger partial charge in [-0.1, -0.05) is 17.3 Å². The van der Waals surface area contributed by atoms with Crippen LogP contribution >= 0.6 is 0 Å². The SMILES string of the molecule is Cc1nc(-c2ccc(C)c(S(=O)(=O)N[C@H](C)C(=O)Nc3ccc(F)cc3C)c2)no1. The Balaban J connectivity index is 1.80. The van der Waals surface area contributed by atoms with Crippen LogP contribution in [0.3, 0.4) is 0 Å². The average Bonchev–Trinajstić information content (AvgIpc) is 3.10. The first-order chi connectivity index (χ1) is 14.1. The molecule has 0 radical (unpaired) electrons. The van der Waals surface area contributed by atoms with Crippen molar-refractivity contribution in [2.45, 2.75) is 38.6 Å². The van der Waals surface area contributed by atoms with Gasteiger partial charge in [-0.2, -0.15) is 9.71 Å². The van der Waals surface area contributed by atoms with Crippen LogP contribution in [-0.2, 0) is 14.8 Å². The van der Waals surface area contributed by atoms with Crippen molar-refractivity contribution in [1.29, 1.82) is 0 Å². The summed E-state index contributed by atoms with van der Waals surface area (Å²) in [5.41, 5.74) is 1.89. The Kier molecular flexibility index (Phi) is 5.99. The van der Waals surface area contributed by atoms with Crippen molar-refractivity contribution in [2.24, 2.45) is 0 Å². The van der Waals surface area contributed by atoms with Gasteiger partial charge in [0.15, 0.2) is 0 Å². The summed E-state index contributed by atoms with van der Waals surface area (Å²) in [5.74, 6) is -0.377. The Morgan fingerprint density at radius 2 is 1.83 bits per heavy atom. The third-order valence-corrected chi connectivity index (χ3v) is 6.12. The summed E-state index contributed by atoms with van der Waals surface area (Å²) in [6.07, 6.45) is 0. The number of carbonyl (C=O) groups excluding carboxylic acids is 1. The Morgan fingerprint density at radius 1 is 1.10 bits per heavy atom. The van der Waals surface area contributed by atoms with E-state index in [1.165, 1.54) is 31.2 Å². The lowest BCUT2D eigenvalue weighted by molar-refractivity contribution is -0.117. The van der Waals surface area contributed by atoms with Gasteiger partial charge in [-0.25, -0.2) is 12.8 Å². The summed E-state index contributed by atoms with van der Waals surface area (Å²) in [7, 11) is -4.03. The van der Waals surface area contributed by atoms with Crippen LogP contribution < -0.4 is 10.0 Å². The van der Waals surface area contributed by atoms with Crippen LogP contribution in [0.1, 0.15) is 23.9 Å². The lowest BCUT2D eigenvalue weighted by Gasteiger charge is -2.17. The second-order valence-electron chi connectivity index (χ2n) is 6.91. The molecule has 1 amide bonds. The molecule has 0 spiro atoms. The van der Waals surface area contributed by atoms with Crippen molar-refractivity contribution < 1.29 is 22.1 Å². The molecule has 1 aromatic heterocycles. The molecule has 0 bridgehead atoms. The van der Waals surface area contributed by atoms with E-state index in [1.807, 2.05) is 0 Å². The molecule has 30 heavy (non-hydrogen) atoms. The second-order valence-corrected chi connectivity index (χ2v) is 8.59. The van der Waals surface area contributed by atoms with Crippen LogP contribution in [0.2, 0.25) is 0 Å². The van der Waals surface area contributed by atoms with Gasteiger partial charge in [0.25, 0.3) is 0 Å². The van der Waals surface area contributed by atoms with Crippen molar-refractivity contribution in [3.63, 3.8) is 0 Å². The standard InChI is InChI=1S/C20H21FN4O4S/c1-11-5-6-15(19-22-14(4)29-24-19)10-18(11)30(27,28)25-13(3)20(26)23-17-8-7-16(21)9-12(17)2/h5-10,13,25H,1-4H3,(H,23,26)/t13-/m1/s1. The zero-order valence-electron chi connectivity index (χ0n) is 16.9. The number of sulfonamides is 1. The summed E-state index contributed by atoms with van der Waals surface area (Å²) in [6, 6.07) is 7.58. The quantitative estimate of drug-likeness (QED) is 0.619. The third-order valence-electron chi connectivity index (χ3n) is 4.43. The van der Waals surface area contributed by atoms with E-state index in [0.29, 0.717) is 28.3 Å². The van der Waals surface area contributed by atoms with E-state index in [2.05, 4.69) is 20.2 Å². The van der Waals surface area contributed by atoms with Crippen LogP contribution in [0.15, 0.2) is 45.8 Å². The number of aryl methyl sites for hydroxylation is 3. The Morgan fingerprint density at radius 3 is 2.47 bits per heavy atom. The number of nitrogens with one attached hydrogen (secondary N) is 2. The van der Waals surface area contributed by atoms with E-state index in [4.69, 9.17) is 4.52 Å². The largest absolute Gasteiger partial charge is 0.339 e. The predicted molar refractivity (Wildman–Crippen MR) is 109 cm³/mol. The van der Waals surface area contributed by atoms with Crippen molar-refractivity contribution in [2.75, 3.05) is 5.32 Å². The number of hydrogen-bond acceptors (Lipinski definition) is 6. The molecule has 0 aliphatic rings. The highest BCUT2D eigenvalue weighted by atomic mass is 32.2. The normalized spacial score (nSPS) is 12.6. The minimum absolute atomic E-state index is 0.0000609. The van der Waals surface area contributed by atoms with E-state index in [0.717, 1.165) is 0 Å². The summed E-state index contributed by atoms with van der Waals surface area (Å²) in [5, 5.41) is 6.40. The van der Waals surface area contributed by atoms with E-state index in [-0.39, 0.29) is 10.7 Å². The van der Waals surface area contributed by atoms with Crippen LogP contribution in [-0.4, -0.2) is 30.5 Å². The van der Waals surface area contributed by atoms with Crippen LogP contribution in [0.25, 0.3) is 11.4 Å². The monoisotopic (exact) mass is 432 g/mol. The van der Waals surface area contributed by atoms with Crippen molar-refractivity contribution in [3.05, 3.63) is 59.2 Å². The molecule has 0 fully saturated rings. The van der Waals surface area contributed by atoms with Gasteiger partial charge in [0.05, 0.1) is 10.9 Å².